The van der Waals surface area contributed by atoms with E-state index in [1.807, 2.05) is 6.92 Å². The normalized spacial score (nSPS) is 43.5. The van der Waals surface area contributed by atoms with Gasteiger partial charge < -0.3 is 5.11 Å². The Bertz CT molecular complexity index is 345. The maximum Gasteiger partial charge on any atom is 0.309 e. The number of hydrogen-bond acceptors (Lipinski definition) is 1. The zero-order valence-electron chi connectivity index (χ0n) is 12.6. The molecular formula is C17H28O2. The zero-order valence-corrected chi connectivity index (χ0v) is 12.6. The highest BCUT2D eigenvalue weighted by molar-refractivity contribution is 5.74. The van der Waals surface area contributed by atoms with Gasteiger partial charge in [0, 0.05) is 0 Å². The molecule has 1 atom stereocenters. The molecule has 2 heteroatoms. The maximum absolute atomic E-state index is 12.0. The standard InChI is InChI=1S/C17H28O2/c1-10(2)9-17(3,16(18)19)15-13-5-11-4-12(7-13)8-14(15)6-11/h10-15H,4-9H2,1-3H3,(H,18,19). The SMILES string of the molecule is CC(C)CC(C)(C(=O)O)C1C2CC3CC(C2)CC1C3. The van der Waals surface area contributed by atoms with Crippen molar-refractivity contribution in [2.75, 3.05) is 0 Å². The highest BCUT2D eigenvalue weighted by atomic mass is 16.4. The van der Waals surface area contributed by atoms with Crippen molar-refractivity contribution in [3.63, 3.8) is 0 Å². The Kier molecular flexibility index (Phi) is 3.18. The Morgan fingerprint density at radius 3 is 1.95 bits per heavy atom. The molecule has 1 N–H and O–H groups in total. The van der Waals surface area contributed by atoms with Crippen LogP contribution in [0.5, 0.6) is 0 Å². The summed E-state index contributed by atoms with van der Waals surface area (Å²) in [7, 11) is 0. The second-order valence-corrected chi connectivity index (χ2v) is 8.28. The molecule has 4 aliphatic carbocycles. The van der Waals surface area contributed by atoms with E-state index in [9.17, 15) is 9.90 Å². The lowest BCUT2D eigenvalue weighted by Gasteiger charge is -2.58. The lowest BCUT2D eigenvalue weighted by Crippen LogP contribution is -2.53. The first-order valence-electron chi connectivity index (χ1n) is 8.13. The highest BCUT2D eigenvalue weighted by Crippen LogP contribution is 2.61. The van der Waals surface area contributed by atoms with Crippen LogP contribution >= 0.6 is 0 Å². The third kappa shape index (κ3) is 2.11. The van der Waals surface area contributed by atoms with Crippen LogP contribution in [0.3, 0.4) is 0 Å². The largest absolute Gasteiger partial charge is 0.481 e. The van der Waals surface area contributed by atoms with Gasteiger partial charge in [-0.25, -0.2) is 0 Å². The van der Waals surface area contributed by atoms with Crippen molar-refractivity contribution in [1.82, 2.24) is 0 Å². The first-order chi connectivity index (χ1) is 8.90. The molecule has 4 rings (SSSR count). The predicted molar refractivity (Wildman–Crippen MR) is 75.7 cm³/mol. The topological polar surface area (TPSA) is 37.3 Å². The van der Waals surface area contributed by atoms with Crippen molar-refractivity contribution >= 4 is 5.97 Å². The van der Waals surface area contributed by atoms with Crippen LogP contribution in [0.2, 0.25) is 0 Å². The van der Waals surface area contributed by atoms with Gasteiger partial charge in [0.15, 0.2) is 0 Å². The van der Waals surface area contributed by atoms with Gasteiger partial charge in [0.1, 0.15) is 0 Å². The second kappa shape index (κ2) is 4.49. The fraction of sp³-hybridized carbons (Fsp3) is 0.941. The van der Waals surface area contributed by atoms with Gasteiger partial charge in [-0.3, -0.25) is 4.79 Å². The van der Waals surface area contributed by atoms with Crippen LogP contribution in [0.25, 0.3) is 0 Å². The number of carbonyl (C=O) groups is 1. The fourth-order valence-corrected chi connectivity index (χ4v) is 6.18. The van der Waals surface area contributed by atoms with Crippen molar-refractivity contribution in [2.45, 2.75) is 59.3 Å². The summed E-state index contributed by atoms with van der Waals surface area (Å²) in [5.74, 6) is 3.64. The molecule has 1 unspecified atom stereocenters. The Labute approximate surface area is 117 Å². The number of aliphatic carboxylic acids is 1. The molecule has 0 spiro atoms. The molecule has 4 fully saturated rings. The van der Waals surface area contributed by atoms with E-state index < -0.39 is 11.4 Å². The van der Waals surface area contributed by atoms with Gasteiger partial charge in [0.2, 0.25) is 0 Å². The molecule has 0 aliphatic heterocycles. The monoisotopic (exact) mass is 264 g/mol. The summed E-state index contributed by atoms with van der Waals surface area (Å²) in [5, 5.41) is 9.87. The van der Waals surface area contributed by atoms with Crippen LogP contribution < -0.4 is 0 Å². The Morgan fingerprint density at radius 1 is 1.11 bits per heavy atom. The molecule has 0 heterocycles. The Balaban J connectivity index is 1.88. The van der Waals surface area contributed by atoms with E-state index in [1.165, 1.54) is 32.1 Å². The van der Waals surface area contributed by atoms with Crippen LogP contribution in [0.1, 0.15) is 59.3 Å². The summed E-state index contributed by atoms with van der Waals surface area (Å²) in [6.45, 7) is 6.37. The van der Waals surface area contributed by atoms with Crippen molar-refractivity contribution < 1.29 is 9.90 Å². The second-order valence-electron chi connectivity index (χ2n) is 8.28. The lowest BCUT2D eigenvalue weighted by molar-refractivity contribution is -0.166. The molecular weight excluding hydrogens is 236 g/mol. The van der Waals surface area contributed by atoms with Crippen LogP contribution in [0.15, 0.2) is 0 Å². The molecule has 19 heavy (non-hydrogen) atoms. The van der Waals surface area contributed by atoms with E-state index in [-0.39, 0.29) is 0 Å². The zero-order chi connectivity index (χ0) is 13.8. The minimum Gasteiger partial charge on any atom is -0.481 e. The van der Waals surface area contributed by atoms with Crippen molar-refractivity contribution in [3.8, 4) is 0 Å². The molecule has 0 aromatic carbocycles. The fourth-order valence-electron chi connectivity index (χ4n) is 6.18. The quantitative estimate of drug-likeness (QED) is 0.826. The third-order valence-electron chi connectivity index (χ3n) is 6.28. The maximum atomic E-state index is 12.0. The molecule has 108 valence electrons. The summed E-state index contributed by atoms with van der Waals surface area (Å²) in [6, 6.07) is 0. The van der Waals surface area contributed by atoms with Crippen LogP contribution in [0, 0.1) is 40.9 Å². The van der Waals surface area contributed by atoms with Crippen molar-refractivity contribution in [2.24, 2.45) is 40.9 Å². The van der Waals surface area contributed by atoms with Gasteiger partial charge >= 0.3 is 5.97 Å². The number of rotatable bonds is 4. The number of carboxylic acid groups (broad SMARTS) is 1. The predicted octanol–water partition coefficient (Wildman–Crippen LogP) is 4.20. The Morgan fingerprint density at radius 2 is 1.58 bits per heavy atom. The molecule has 0 saturated heterocycles. The van der Waals surface area contributed by atoms with E-state index in [0.29, 0.717) is 23.7 Å². The molecule has 4 aliphatic rings. The molecule has 0 radical (unpaired) electrons. The number of hydrogen-bond donors (Lipinski definition) is 1. The summed E-state index contributed by atoms with van der Waals surface area (Å²) < 4.78 is 0. The summed E-state index contributed by atoms with van der Waals surface area (Å²) >= 11 is 0. The van der Waals surface area contributed by atoms with Crippen molar-refractivity contribution in [1.29, 1.82) is 0 Å². The van der Waals surface area contributed by atoms with E-state index in [1.54, 1.807) is 0 Å². The minimum atomic E-state index is -0.543. The van der Waals surface area contributed by atoms with Crippen molar-refractivity contribution in [3.05, 3.63) is 0 Å². The molecule has 4 saturated carbocycles. The van der Waals surface area contributed by atoms with Gasteiger partial charge in [0.05, 0.1) is 5.41 Å². The summed E-state index contributed by atoms with van der Waals surface area (Å²) in [5.41, 5.74) is -0.489. The van der Waals surface area contributed by atoms with Gasteiger partial charge in [-0.2, -0.15) is 0 Å². The molecule has 4 bridgehead atoms. The summed E-state index contributed by atoms with van der Waals surface area (Å²) in [4.78, 5) is 12.0. The van der Waals surface area contributed by atoms with E-state index >= 15 is 0 Å². The van der Waals surface area contributed by atoms with Gasteiger partial charge in [0.25, 0.3) is 0 Å². The lowest BCUT2D eigenvalue weighted by atomic mass is 9.46. The van der Waals surface area contributed by atoms with Crippen LogP contribution in [0.4, 0.5) is 0 Å². The molecule has 0 amide bonds. The molecule has 2 nitrogen and oxygen atoms in total. The smallest absolute Gasteiger partial charge is 0.309 e. The Hall–Kier alpha value is -0.530. The van der Waals surface area contributed by atoms with Gasteiger partial charge in [-0.05, 0) is 81.0 Å². The average Bonchev–Trinajstić information content (AvgIpc) is 2.25. The third-order valence-corrected chi connectivity index (χ3v) is 6.28. The highest BCUT2D eigenvalue weighted by Gasteiger charge is 2.56. The summed E-state index contributed by atoms with van der Waals surface area (Å²) in [6.07, 6.45) is 7.55. The number of carboxylic acids is 1. The van der Waals surface area contributed by atoms with Crippen LogP contribution in [-0.2, 0) is 4.79 Å². The molecule has 0 aromatic heterocycles. The van der Waals surface area contributed by atoms with E-state index in [0.717, 1.165) is 18.3 Å². The minimum absolute atomic E-state index is 0.445. The average molecular weight is 264 g/mol. The first kappa shape index (κ1) is 13.5. The van der Waals surface area contributed by atoms with Gasteiger partial charge in [-0.15, -0.1) is 0 Å². The first-order valence-corrected chi connectivity index (χ1v) is 8.13. The van der Waals surface area contributed by atoms with E-state index in [4.69, 9.17) is 0 Å². The molecule has 0 aromatic rings. The van der Waals surface area contributed by atoms with Crippen LogP contribution in [-0.4, -0.2) is 11.1 Å². The van der Waals surface area contributed by atoms with E-state index in [2.05, 4.69) is 13.8 Å². The van der Waals surface area contributed by atoms with Gasteiger partial charge in [-0.1, -0.05) is 13.8 Å².